The Kier molecular flexibility index (Phi) is 2.28. The van der Waals surface area contributed by atoms with Crippen LogP contribution in [0.5, 0.6) is 0 Å². The van der Waals surface area contributed by atoms with Crippen molar-refractivity contribution in [3.63, 3.8) is 0 Å². The fraction of sp³-hybridized carbons (Fsp3) is 0.700. The average molecular weight is 273 g/mol. The van der Waals surface area contributed by atoms with Gasteiger partial charge in [0.25, 0.3) is 0 Å². The minimum atomic E-state index is 0.733. The van der Waals surface area contributed by atoms with E-state index < -0.39 is 0 Å². The van der Waals surface area contributed by atoms with E-state index in [1.54, 1.807) is 11.3 Å². The van der Waals surface area contributed by atoms with Crippen LogP contribution in [0, 0.1) is 0 Å². The molecule has 0 spiro atoms. The Morgan fingerprint density at radius 2 is 2.07 bits per heavy atom. The molecule has 0 aliphatic carbocycles. The first kappa shape index (κ1) is 9.16. The van der Waals surface area contributed by atoms with Crippen LogP contribution in [-0.2, 0) is 0 Å². The minimum absolute atomic E-state index is 0.733. The van der Waals surface area contributed by atoms with Crippen LogP contribution in [0.15, 0.2) is 11.6 Å². The van der Waals surface area contributed by atoms with Crippen molar-refractivity contribution in [1.82, 2.24) is 4.98 Å². The van der Waals surface area contributed by atoms with E-state index in [0.717, 1.165) is 16.9 Å². The van der Waals surface area contributed by atoms with Crippen molar-refractivity contribution < 1.29 is 0 Å². The maximum Gasteiger partial charge on any atom is 0.185 e. The molecule has 14 heavy (non-hydrogen) atoms. The van der Waals surface area contributed by atoms with E-state index in [1.807, 2.05) is 6.20 Å². The highest BCUT2D eigenvalue weighted by atomic mass is 79.9. The van der Waals surface area contributed by atoms with Crippen LogP contribution in [0.3, 0.4) is 0 Å². The maximum absolute atomic E-state index is 4.43. The minimum Gasteiger partial charge on any atom is -0.342 e. The summed E-state index contributed by atoms with van der Waals surface area (Å²) >= 11 is 5.53. The molecule has 3 rings (SSSR count). The number of alkyl halides is 1. The van der Waals surface area contributed by atoms with Crippen LogP contribution in [0.1, 0.15) is 25.7 Å². The molecule has 0 N–H and O–H groups in total. The van der Waals surface area contributed by atoms with Crippen LogP contribution >= 0.6 is 27.3 Å². The fourth-order valence-corrected chi connectivity index (χ4v) is 4.41. The summed E-state index contributed by atoms with van der Waals surface area (Å²) in [7, 11) is 0. The topological polar surface area (TPSA) is 16.1 Å². The van der Waals surface area contributed by atoms with E-state index in [-0.39, 0.29) is 0 Å². The van der Waals surface area contributed by atoms with E-state index in [9.17, 15) is 0 Å². The highest BCUT2D eigenvalue weighted by Crippen LogP contribution is 2.41. The largest absolute Gasteiger partial charge is 0.342 e. The molecule has 0 radical (unpaired) electrons. The monoisotopic (exact) mass is 272 g/mol. The number of rotatable bonds is 1. The van der Waals surface area contributed by atoms with E-state index in [2.05, 4.69) is 31.2 Å². The van der Waals surface area contributed by atoms with Crippen molar-refractivity contribution >= 4 is 32.4 Å². The molecule has 2 saturated heterocycles. The lowest BCUT2D eigenvalue weighted by atomic mass is 10.0. The Balaban J connectivity index is 1.88. The Morgan fingerprint density at radius 3 is 2.64 bits per heavy atom. The number of halogens is 1. The van der Waals surface area contributed by atoms with Gasteiger partial charge >= 0.3 is 0 Å². The number of hydrogen-bond donors (Lipinski definition) is 0. The molecule has 0 amide bonds. The standard InChI is InChI=1S/C10H13BrN2S/c11-7-5-8-1-2-9(6-7)13(8)10-12-3-4-14-10/h3-4,7-9H,1-2,5-6H2. The second-order valence-electron chi connectivity index (χ2n) is 4.18. The molecule has 2 nitrogen and oxygen atoms in total. The van der Waals surface area contributed by atoms with Crippen molar-refractivity contribution in [3.8, 4) is 0 Å². The lowest BCUT2D eigenvalue weighted by Crippen LogP contribution is -2.43. The summed E-state index contributed by atoms with van der Waals surface area (Å²) in [4.78, 5) is 7.73. The molecule has 4 heteroatoms. The molecule has 1 aromatic heterocycles. The Bertz CT molecular complexity index is 300. The maximum atomic E-state index is 4.43. The Morgan fingerprint density at radius 1 is 1.36 bits per heavy atom. The third-order valence-electron chi connectivity index (χ3n) is 3.32. The van der Waals surface area contributed by atoms with Crippen molar-refractivity contribution in [2.24, 2.45) is 0 Å². The Labute approximate surface area is 96.5 Å². The van der Waals surface area contributed by atoms with Gasteiger partial charge in [0.2, 0.25) is 0 Å². The van der Waals surface area contributed by atoms with Crippen LogP contribution in [-0.4, -0.2) is 21.9 Å². The molecule has 2 atom stereocenters. The van der Waals surface area contributed by atoms with Gasteiger partial charge < -0.3 is 4.90 Å². The van der Waals surface area contributed by atoms with Gasteiger partial charge in [-0.1, -0.05) is 15.9 Å². The molecule has 0 saturated carbocycles. The van der Waals surface area contributed by atoms with Gasteiger partial charge in [0.15, 0.2) is 5.13 Å². The molecule has 2 fully saturated rings. The lowest BCUT2D eigenvalue weighted by molar-refractivity contribution is 0.482. The highest BCUT2D eigenvalue weighted by molar-refractivity contribution is 9.09. The molecule has 3 heterocycles. The van der Waals surface area contributed by atoms with E-state index in [0.29, 0.717) is 0 Å². The second-order valence-corrected chi connectivity index (χ2v) is 6.34. The molecular formula is C10H13BrN2S. The van der Waals surface area contributed by atoms with E-state index >= 15 is 0 Å². The van der Waals surface area contributed by atoms with Gasteiger partial charge in [0, 0.05) is 28.5 Å². The number of thiazole rings is 1. The summed E-state index contributed by atoms with van der Waals surface area (Å²) in [6.45, 7) is 0. The van der Waals surface area contributed by atoms with Crippen LogP contribution < -0.4 is 4.90 Å². The predicted molar refractivity (Wildman–Crippen MR) is 63.4 cm³/mol. The normalized spacial score (nSPS) is 36.4. The zero-order valence-corrected chi connectivity index (χ0v) is 10.3. The second kappa shape index (κ2) is 3.49. The number of piperidine rings is 1. The third kappa shape index (κ3) is 1.39. The molecule has 0 aromatic carbocycles. The summed E-state index contributed by atoms with van der Waals surface area (Å²) in [5.74, 6) is 0. The molecule has 2 aliphatic heterocycles. The first-order valence-electron chi connectivity index (χ1n) is 5.16. The predicted octanol–water partition coefficient (Wildman–Crippen LogP) is 3.04. The first-order chi connectivity index (χ1) is 6.84. The summed E-state index contributed by atoms with van der Waals surface area (Å²) < 4.78 is 0. The van der Waals surface area contributed by atoms with Gasteiger partial charge in [-0.2, -0.15) is 0 Å². The van der Waals surface area contributed by atoms with Crippen LogP contribution in [0.4, 0.5) is 5.13 Å². The van der Waals surface area contributed by atoms with Crippen molar-refractivity contribution in [2.45, 2.75) is 42.6 Å². The summed E-state index contributed by atoms with van der Waals surface area (Å²) in [6, 6.07) is 1.48. The number of hydrogen-bond acceptors (Lipinski definition) is 3. The first-order valence-corrected chi connectivity index (χ1v) is 6.96. The average Bonchev–Trinajstić information content (AvgIpc) is 2.72. The van der Waals surface area contributed by atoms with Crippen molar-refractivity contribution in [1.29, 1.82) is 0 Å². The fourth-order valence-electron chi connectivity index (χ4n) is 2.77. The molecule has 1 aromatic rings. The number of anilines is 1. The van der Waals surface area contributed by atoms with E-state index in [1.165, 1.54) is 30.8 Å². The van der Waals surface area contributed by atoms with Crippen LogP contribution in [0.2, 0.25) is 0 Å². The summed E-state index contributed by atoms with van der Waals surface area (Å²) in [6.07, 6.45) is 7.20. The quantitative estimate of drug-likeness (QED) is 0.731. The molecule has 76 valence electrons. The van der Waals surface area contributed by atoms with Gasteiger partial charge in [0.1, 0.15) is 0 Å². The van der Waals surface area contributed by atoms with Gasteiger partial charge in [-0.05, 0) is 25.7 Å². The summed E-state index contributed by atoms with van der Waals surface area (Å²) in [5.41, 5.74) is 0. The summed E-state index contributed by atoms with van der Waals surface area (Å²) in [5, 5.41) is 3.31. The zero-order chi connectivity index (χ0) is 9.54. The smallest absolute Gasteiger partial charge is 0.185 e. The van der Waals surface area contributed by atoms with Crippen LogP contribution in [0.25, 0.3) is 0 Å². The van der Waals surface area contributed by atoms with E-state index in [4.69, 9.17) is 0 Å². The molecular weight excluding hydrogens is 260 g/mol. The number of nitrogens with zero attached hydrogens (tertiary/aromatic N) is 2. The molecule has 2 unspecified atom stereocenters. The zero-order valence-electron chi connectivity index (χ0n) is 7.90. The molecule has 2 bridgehead atoms. The van der Waals surface area contributed by atoms with Crippen molar-refractivity contribution in [3.05, 3.63) is 11.6 Å². The number of aromatic nitrogens is 1. The van der Waals surface area contributed by atoms with Gasteiger partial charge in [-0.25, -0.2) is 4.98 Å². The molecule has 2 aliphatic rings. The Hall–Kier alpha value is -0.0900. The third-order valence-corrected chi connectivity index (χ3v) is 4.85. The highest BCUT2D eigenvalue weighted by Gasteiger charge is 2.40. The number of fused-ring (bicyclic) bond motifs is 2. The van der Waals surface area contributed by atoms with Crippen molar-refractivity contribution in [2.75, 3.05) is 4.90 Å². The van der Waals surface area contributed by atoms with Gasteiger partial charge in [-0.15, -0.1) is 11.3 Å². The van der Waals surface area contributed by atoms with Gasteiger partial charge in [-0.3, -0.25) is 0 Å². The lowest BCUT2D eigenvalue weighted by Gasteiger charge is -2.36. The SMILES string of the molecule is BrC1CC2CCC(C1)N2c1nccs1. The van der Waals surface area contributed by atoms with Gasteiger partial charge in [0.05, 0.1) is 0 Å².